The number of rotatable bonds is 4. The molecule has 5 nitrogen and oxygen atoms in total. The van der Waals surface area contributed by atoms with Gasteiger partial charge in [0.25, 0.3) is 0 Å². The number of aromatic hydroxyl groups is 2. The van der Waals surface area contributed by atoms with Crippen LogP contribution >= 0.6 is 12.4 Å². The van der Waals surface area contributed by atoms with Gasteiger partial charge in [-0.15, -0.1) is 12.4 Å². The third kappa shape index (κ3) is 3.85. The lowest BCUT2D eigenvalue weighted by Crippen LogP contribution is -2.53. The number of hydrogen-bond acceptors (Lipinski definition) is 5. The molecule has 2 atom stereocenters. The number of carbonyl (C=O) groups is 1. The van der Waals surface area contributed by atoms with Crippen molar-refractivity contribution in [2.75, 3.05) is 19.6 Å². The summed E-state index contributed by atoms with van der Waals surface area (Å²) < 4.78 is 0. The quantitative estimate of drug-likeness (QED) is 0.714. The number of ketones is 1. The number of aliphatic hydroxyl groups is 1. The van der Waals surface area contributed by atoms with Gasteiger partial charge in [-0.3, -0.25) is 4.79 Å². The minimum Gasteiger partial charge on any atom is -0.508 e. The number of carbonyl (C=O) groups excluding carboxylic acids is 1. The Kier molecular flexibility index (Phi) is 6.29. The molecule has 140 valence electrons. The molecule has 0 aliphatic carbocycles. The fraction of sp³-hybridized carbons (Fsp3) is 0.350. The van der Waals surface area contributed by atoms with Crippen LogP contribution in [0.5, 0.6) is 11.5 Å². The molecule has 0 bridgehead atoms. The Balaban J connectivity index is 0.00000243. The van der Waals surface area contributed by atoms with Crippen molar-refractivity contribution in [1.29, 1.82) is 0 Å². The van der Waals surface area contributed by atoms with Gasteiger partial charge in [-0.05, 0) is 54.9 Å². The third-order valence-corrected chi connectivity index (χ3v) is 5.11. The van der Waals surface area contributed by atoms with Gasteiger partial charge in [0, 0.05) is 18.7 Å². The van der Waals surface area contributed by atoms with Crippen LogP contribution in [0.25, 0.3) is 0 Å². The summed E-state index contributed by atoms with van der Waals surface area (Å²) >= 11 is 0. The summed E-state index contributed by atoms with van der Waals surface area (Å²) in [6.45, 7) is 4.01. The van der Waals surface area contributed by atoms with Crippen LogP contribution in [0.4, 0.5) is 0 Å². The molecular weight excluding hydrogens is 354 g/mol. The molecular formula is C20H24ClNO4. The SMILES string of the molecule is CCN1CCC(O)(c2ccc(O)cc2)C(C(=O)c2ccc(O)cc2)C1.Cl. The highest BCUT2D eigenvalue weighted by molar-refractivity contribution is 5.99. The smallest absolute Gasteiger partial charge is 0.170 e. The van der Waals surface area contributed by atoms with E-state index in [9.17, 15) is 20.1 Å². The lowest BCUT2D eigenvalue weighted by atomic mass is 9.72. The molecule has 1 heterocycles. The molecule has 3 rings (SSSR count). The van der Waals surface area contributed by atoms with Gasteiger partial charge in [-0.2, -0.15) is 0 Å². The zero-order chi connectivity index (χ0) is 18.0. The summed E-state index contributed by atoms with van der Waals surface area (Å²) in [7, 11) is 0. The molecule has 26 heavy (non-hydrogen) atoms. The third-order valence-electron chi connectivity index (χ3n) is 5.11. The fourth-order valence-corrected chi connectivity index (χ4v) is 3.51. The van der Waals surface area contributed by atoms with Gasteiger partial charge < -0.3 is 20.2 Å². The number of benzene rings is 2. The lowest BCUT2D eigenvalue weighted by Gasteiger charge is -2.44. The number of likely N-dealkylation sites (tertiary alicyclic amines) is 1. The Morgan fingerprint density at radius 1 is 1.08 bits per heavy atom. The molecule has 2 aromatic carbocycles. The van der Waals surface area contributed by atoms with E-state index in [4.69, 9.17) is 0 Å². The van der Waals surface area contributed by atoms with Crippen molar-refractivity contribution in [2.45, 2.75) is 18.9 Å². The largest absolute Gasteiger partial charge is 0.508 e. The normalized spacial score (nSPS) is 23.2. The van der Waals surface area contributed by atoms with Gasteiger partial charge in [-0.25, -0.2) is 0 Å². The Labute approximate surface area is 159 Å². The molecule has 0 aromatic heterocycles. The molecule has 0 radical (unpaired) electrons. The maximum absolute atomic E-state index is 13.1. The van der Waals surface area contributed by atoms with E-state index in [1.165, 1.54) is 24.3 Å². The van der Waals surface area contributed by atoms with E-state index >= 15 is 0 Å². The van der Waals surface area contributed by atoms with Crippen LogP contribution < -0.4 is 0 Å². The molecule has 2 aromatic rings. The molecule has 0 spiro atoms. The van der Waals surface area contributed by atoms with Crippen LogP contribution in [0.2, 0.25) is 0 Å². The second kappa shape index (κ2) is 8.08. The molecule has 6 heteroatoms. The molecule has 1 saturated heterocycles. The summed E-state index contributed by atoms with van der Waals surface area (Å²) in [5.41, 5.74) is -0.176. The number of hydrogen-bond donors (Lipinski definition) is 3. The van der Waals surface area contributed by atoms with E-state index in [0.717, 1.165) is 6.54 Å². The van der Waals surface area contributed by atoms with E-state index in [2.05, 4.69) is 4.90 Å². The van der Waals surface area contributed by atoms with Crippen LogP contribution in [0, 0.1) is 5.92 Å². The first kappa shape index (κ1) is 20.2. The molecule has 0 saturated carbocycles. The first-order valence-corrected chi connectivity index (χ1v) is 8.51. The van der Waals surface area contributed by atoms with Gasteiger partial charge in [-0.1, -0.05) is 19.1 Å². The van der Waals surface area contributed by atoms with Crippen LogP contribution in [-0.4, -0.2) is 45.6 Å². The Hall–Kier alpha value is -2.08. The monoisotopic (exact) mass is 377 g/mol. The molecule has 1 fully saturated rings. The van der Waals surface area contributed by atoms with Crippen molar-refractivity contribution in [1.82, 2.24) is 4.90 Å². The average Bonchev–Trinajstić information content (AvgIpc) is 2.62. The molecule has 3 N–H and O–H groups in total. The Bertz CT molecular complexity index is 747. The minimum atomic E-state index is -1.28. The molecule has 2 unspecified atom stereocenters. The number of phenolic OH excluding ortho intramolecular Hbond substituents is 2. The zero-order valence-electron chi connectivity index (χ0n) is 14.6. The number of phenols is 2. The standard InChI is InChI=1S/C20H23NO4.ClH/c1-2-21-12-11-20(25,15-5-9-17(23)10-6-15)18(13-21)19(24)14-3-7-16(22)8-4-14;/h3-10,18,22-23,25H,2,11-13H2,1H3;1H. The number of Topliss-reactive ketones (excluding diaryl/α,β-unsaturated/α-hetero) is 1. The summed E-state index contributed by atoms with van der Waals surface area (Å²) in [6, 6.07) is 12.5. The van der Waals surface area contributed by atoms with E-state index in [1.807, 2.05) is 6.92 Å². The highest BCUT2D eigenvalue weighted by Gasteiger charge is 2.46. The van der Waals surface area contributed by atoms with Crippen molar-refractivity contribution >= 4 is 18.2 Å². The van der Waals surface area contributed by atoms with Gasteiger partial charge in [0.1, 0.15) is 17.1 Å². The average molecular weight is 378 g/mol. The van der Waals surface area contributed by atoms with Crippen molar-refractivity contribution in [3.05, 3.63) is 59.7 Å². The number of nitrogens with zero attached hydrogens (tertiary/aromatic N) is 1. The Morgan fingerprint density at radius 2 is 1.62 bits per heavy atom. The second-order valence-corrected chi connectivity index (χ2v) is 6.58. The molecule has 1 aliphatic heterocycles. The second-order valence-electron chi connectivity index (χ2n) is 6.58. The van der Waals surface area contributed by atoms with E-state index in [0.29, 0.717) is 30.6 Å². The Morgan fingerprint density at radius 3 is 2.15 bits per heavy atom. The highest BCUT2D eigenvalue weighted by atomic mass is 35.5. The van der Waals surface area contributed by atoms with Gasteiger partial charge in [0.15, 0.2) is 5.78 Å². The van der Waals surface area contributed by atoms with Crippen molar-refractivity contribution in [2.24, 2.45) is 5.92 Å². The molecule has 1 aliphatic rings. The number of halogens is 1. The summed E-state index contributed by atoms with van der Waals surface area (Å²) in [4.78, 5) is 15.3. The van der Waals surface area contributed by atoms with E-state index in [-0.39, 0.29) is 29.7 Å². The van der Waals surface area contributed by atoms with E-state index in [1.54, 1.807) is 24.3 Å². The number of piperidine rings is 1. The minimum absolute atomic E-state index is 0. The van der Waals surface area contributed by atoms with E-state index < -0.39 is 11.5 Å². The first-order chi connectivity index (χ1) is 11.9. The van der Waals surface area contributed by atoms with Gasteiger partial charge in [0.2, 0.25) is 0 Å². The lowest BCUT2D eigenvalue weighted by molar-refractivity contribution is -0.0632. The van der Waals surface area contributed by atoms with Crippen LogP contribution in [-0.2, 0) is 5.60 Å². The predicted molar refractivity (Wildman–Crippen MR) is 102 cm³/mol. The maximum atomic E-state index is 13.1. The van der Waals surface area contributed by atoms with Crippen LogP contribution in [0.15, 0.2) is 48.5 Å². The topological polar surface area (TPSA) is 81.0 Å². The van der Waals surface area contributed by atoms with Crippen LogP contribution in [0.1, 0.15) is 29.3 Å². The summed E-state index contributed by atoms with van der Waals surface area (Å²) in [5.74, 6) is -0.534. The van der Waals surface area contributed by atoms with Gasteiger partial charge >= 0.3 is 0 Å². The first-order valence-electron chi connectivity index (χ1n) is 8.51. The van der Waals surface area contributed by atoms with Crippen molar-refractivity contribution in [3.63, 3.8) is 0 Å². The van der Waals surface area contributed by atoms with Crippen molar-refractivity contribution < 1.29 is 20.1 Å². The van der Waals surface area contributed by atoms with Crippen LogP contribution in [0.3, 0.4) is 0 Å². The van der Waals surface area contributed by atoms with Crippen molar-refractivity contribution in [3.8, 4) is 11.5 Å². The highest BCUT2D eigenvalue weighted by Crippen LogP contribution is 2.39. The summed E-state index contributed by atoms with van der Waals surface area (Å²) in [6.07, 6.45) is 0.445. The fourth-order valence-electron chi connectivity index (χ4n) is 3.51. The van der Waals surface area contributed by atoms with Gasteiger partial charge in [0.05, 0.1) is 5.92 Å². The zero-order valence-corrected chi connectivity index (χ0v) is 15.4. The predicted octanol–water partition coefficient (Wildman–Crippen LogP) is 2.93. The molecule has 0 amide bonds. The summed E-state index contributed by atoms with van der Waals surface area (Å²) in [5, 5.41) is 30.4. The maximum Gasteiger partial charge on any atom is 0.170 e.